The predicted octanol–water partition coefficient (Wildman–Crippen LogP) is -0.637. The second kappa shape index (κ2) is 2.98. The first-order valence-electron chi connectivity index (χ1n) is 4.42. The summed E-state index contributed by atoms with van der Waals surface area (Å²) < 4.78 is 22.6. The zero-order valence-electron chi connectivity index (χ0n) is 7.64. The number of hydrogen-bond donors (Lipinski definition) is 1. The normalized spacial score (nSPS) is 34.0. The van der Waals surface area contributed by atoms with Crippen LogP contribution < -0.4 is 5.32 Å². The van der Waals surface area contributed by atoms with E-state index in [2.05, 4.69) is 11.9 Å². The van der Waals surface area contributed by atoms with Crippen molar-refractivity contribution in [1.82, 2.24) is 10.2 Å². The summed E-state index contributed by atoms with van der Waals surface area (Å²) in [5, 5.41) is 2.67. The first kappa shape index (κ1) is 9.51. The highest BCUT2D eigenvalue weighted by atomic mass is 32.2. The Kier molecular flexibility index (Phi) is 2.02. The van der Waals surface area contributed by atoms with Gasteiger partial charge in [0.1, 0.15) is 0 Å². The molecule has 0 radical (unpaired) electrons. The van der Waals surface area contributed by atoms with Crippen LogP contribution in [0.4, 0.5) is 4.79 Å². The van der Waals surface area contributed by atoms with E-state index >= 15 is 0 Å². The van der Waals surface area contributed by atoms with E-state index < -0.39 is 9.84 Å². The maximum absolute atomic E-state index is 11.4. The van der Waals surface area contributed by atoms with Gasteiger partial charge in [-0.3, -0.25) is 0 Å². The fourth-order valence-electron chi connectivity index (χ4n) is 2.02. The van der Waals surface area contributed by atoms with E-state index in [-0.39, 0.29) is 29.6 Å². The van der Waals surface area contributed by atoms with E-state index in [0.717, 1.165) is 0 Å². The van der Waals surface area contributed by atoms with Crippen LogP contribution in [0, 0.1) is 0 Å². The summed E-state index contributed by atoms with van der Waals surface area (Å²) in [4.78, 5) is 12.9. The molecule has 0 unspecified atom stereocenters. The Morgan fingerprint density at radius 1 is 1.57 bits per heavy atom. The lowest BCUT2D eigenvalue weighted by Crippen LogP contribution is -2.36. The van der Waals surface area contributed by atoms with Crippen LogP contribution in [0.2, 0.25) is 0 Å². The van der Waals surface area contributed by atoms with Gasteiger partial charge in [-0.05, 0) is 0 Å². The summed E-state index contributed by atoms with van der Waals surface area (Å²) in [7, 11) is -2.97. The number of urea groups is 1. The Bertz CT molecular complexity index is 376. The van der Waals surface area contributed by atoms with Gasteiger partial charge in [-0.15, -0.1) is 6.58 Å². The first-order chi connectivity index (χ1) is 6.53. The minimum atomic E-state index is -2.97. The van der Waals surface area contributed by atoms with Crippen LogP contribution in [0.1, 0.15) is 0 Å². The summed E-state index contributed by atoms with van der Waals surface area (Å²) >= 11 is 0. The number of sulfone groups is 1. The van der Waals surface area contributed by atoms with Crippen LogP contribution in [0.5, 0.6) is 0 Å². The number of fused-ring (bicyclic) bond motifs is 1. The Balaban J connectivity index is 2.21. The first-order valence-corrected chi connectivity index (χ1v) is 6.24. The molecule has 2 aliphatic heterocycles. The zero-order valence-corrected chi connectivity index (χ0v) is 8.46. The molecule has 0 aromatic heterocycles. The molecular weight excluding hydrogens is 204 g/mol. The van der Waals surface area contributed by atoms with Crippen molar-refractivity contribution in [3.63, 3.8) is 0 Å². The summed E-state index contributed by atoms with van der Waals surface area (Å²) in [5.74, 6) is 0.140. The molecule has 5 nitrogen and oxygen atoms in total. The summed E-state index contributed by atoms with van der Waals surface area (Å²) in [6, 6.07) is -0.618. The molecule has 2 rings (SSSR count). The quantitative estimate of drug-likeness (QED) is 0.493. The number of amides is 2. The average Bonchev–Trinajstić information content (AvgIpc) is 2.47. The second-order valence-corrected chi connectivity index (χ2v) is 5.80. The van der Waals surface area contributed by atoms with E-state index in [4.69, 9.17) is 0 Å². The van der Waals surface area contributed by atoms with Crippen molar-refractivity contribution in [2.75, 3.05) is 18.1 Å². The van der Waals surface area contributed by atoms with E-state index in [1.165, 1.54) is 4.90 Å². The molecule has 0 aromatic rings. The van der Waals surface area contributed by atoms with Gasteiger partial charge in [0.25, 0.3) is 0 Å². The Morgan fingerprint density at radius 2 is 2.29 bits per heavy atom. The lowest BCUT2D eigenvalue weighted by Gasteiger charge is -2.18. The maximum Gasteiger partial charge on any atom is 0.318 e. The predicted molar refractivity (Wildman–Crippen MR) is 51.7 cm³/mol. The van der Waals surface area contributed by atoms with Crippen LogP contribution >= 0.6 is 0 Å². The number of nitrogens with one attached hydrogen (secondary N) is 1. The zero-order chi connectivity index (χ0) is 10.3. The molecule has 0 saturated carbocycles. The molecule has 0 aromatic carbocycles. The third kappa shape index (κ3) is 1.39. The van der Waals surface area contributed by atoms with Gasteiger partial charge in [0.15, 0.2) is 9.84 Å². The van der Waals surface area contributed by atoms with Gasteiger partial charge < -0.3 is 10.2 Å². The van der Waals surface area contributed by atoms with Gasteiger partial charge in [-0.1, -0.05) is 6.08 Å². The van der Waals surface area contributed by atoms with Crippen LogP contribution in [0.25, 0.3) is 0 Å². The van der Waals surface area contributed by atoms with Crippen molar-refractivity contribution >= 4 is 15.9 Å². The molecule has 6 heteroatoms. The van der Waals surface area contributed by atoms with Gasteiger partial charge >= 0.3 is 6.03 Å². The van der Waals surface area contributed by atoms with Crippen LogP contribution in [-0.4, -0.2) is 49.5 Å². The highest BCUT2D eigenvalue weighted by molar-refractivity contribution is 7.91. The molecule has 2 fully saturated rings. The fraction of sp³-hybridized carbons (Fsp3) is 0.625. The van der Waals surface area contributed by atoms with E-state index in [9.17, 15) is 13.2 Å². The lowest BCUT2D eigenvalue weighted by molar-refractivity contribution is 0.213. The largest absolute Gasteiger partial charge is 0.332 e. The minimum absolute atomic E-state index is 0.0665. The van der Waals surface area contributed by atoms with E-state index in [1.54, 1.807) is 6.08 Å². The molecule has 2 aliphatic rings. The third-order valence-corrected chi connectivity index (χ3v) is 4.33. The fourth-order valence-corrected chi connectivity index (χ4v) is 3.94. The topological polar surface area (TPSA) is 66.5 Å². The Hall–Kier alpha value is -1.04. The molecule has 78 valence electrons. The van der Waals surface area contributed by atoms with Crippen molar-refractivity contribution in [2.45, 2.75) is 12.1 Å². The number of rotatable bonds is 2. The highest BCUT2D eigenvalue weighted by Crippen LogP contribution is 2.23. The standard InChI is InChI=1S/C8H12N2O3S/c1-2-3-10-7-5-14(12,13)4-6(7)9-8(10)11/h2,6-7H,1,3-5H2,(H,9,11)/t6-,7-/m1/s1. The van der Waals surface area contributed by atoms with Gasteiger partial charge in [0, 0.05) is 6.54 Å². The van der Waals surface area contributed by atoms with Crippen LogP contribution in [-0.2, 0) is 9.84 Å². The van der Waals surface area contributed by atoms with Crippen LogP contribution in [0.15, 0.2) is 12.7 Å². The van der Waals surface area contributed by atoms with Crippen LogP contribution in [0.3, 0.4) is 0 Å². The van der Waals surface area contributed by atoms with Crippen molar-refractivity contribution in [3.05, 3.63) is 12.7 Å². The van der Waals surface area contributed by atoms with Crippen molar-refractivity contribution in [3.8, 4) is 0 Å². The summed E-state index contributed by atoms with van der Waals surface area (Å²) in [6.07, 6.45) is 1.60. The molecule has 0 bridgehead atoms. The number of carbonyl (C=O) groups excluding carboxylic acids is 1. The average molecular weight is 216 g/mol. The lowest BCUT2D eigenvalue weighted by atomic mass is 10.2. The number of hydrogen-bond acceptors (Lipinski definition) is 3. The van der Waals surface area contributed by atoms with E-state index in [1.807, 2.05) is 0 Å². The van der Waals surface area contributed by atoms with Crippen molar-refractivity contribution in [2.24, 2.45) is 0 Å². The number of carbonyl (C=O) groups is 1. The molecule has 0 spiro atoms. The SMILES string of the molecule is C=CCN1C(=O)N[C@@H]2CS(=O)(=O)C[C@H]21. The second-order valence-electron chi connectivity index (χ2n) is 3.64. The molecule has 1 N–H and O–H groups in total. The molecule has 0 aliphatic carbocycles. The smallest absolute Gasteiger partial charge is 0.318 e. The summed E-state index contributed by atoms with van der Waals surface area (Å²) in [5.41, 5.74) is 0. The molecule has 2 atom stereocenters. The third-order valence-electron chi connectivity index (χ3n) is 2.62. The van der Waals surface area contributed by atoms with E-state index in [0.29, 0.717) is 6.54 Å². The molecule has 2 heterocycles. The Morgan fingerprint density at radius 3 is 2.93 bits per heavy atom. The van der Waals surface area contributed by atoms with Gasteiger partial charge in [-0.2, -0.15) is 0 Å². The van der Waals surface area contributed by atoms with Crippen molar-refractivity contribution < 1.29 is 13.2 Å². The minimum Gasteiger partial charge on any atom is -0.332 e. The highest BCUT2D eigenvalue weighted by Gasteiger charge is 2.48. The molecule has 2 saturated heterocycles. The summed E-state index contributed by atoms with van der Waals surface area (Å²) in [6.45, 7) is 3.94. The monoisotopic (exact) mass is 216 g/mol. The van der Waals surface area contributed by atoms with Crippen molar-refractivity contribution in [1.29, 1.82) is 0 Å². The Labute approximate surface area is 82.7 Å². The molecule has 14 heavy (non-hydrogen) atoms. The van der Waals surface area contributed by atoms with Gasteiger partial charge in [0.05, 0.1) is 23.6 Å². The molecule has 2 amide bonds. The van der Waals surface area contributed by atoms with Gasteiger partial charge in [0.2, 0.25) is 0 Å². The number of nitrogens with zero attached hydrogens (tertiary/aromatic N) is 1. The maximum atomic E-state index is 11.4. The van der Waals surface area contributed by atoms with Gasteiger partial charge in [-0.25, -0.2) is 13.2 Å². The molecular formula is C8H12N2O3S.